The molecule has 1 amide bonds. The van der Waals surface area contributed by atoms with Gasteiger partial charge in [-0.2, -0.15) is 0 Å². The molecule has 1 aromatic heterocycles. The van der Waals surface area contributed by atoms with Crippen LogP contribution in [0.15, 0.2) is 30.5 Å². The molecule has 0 bridgehead atoms. The number of pyridine rings is 1. The Morgan fingerprint density at radius 2 is 2.15 bits per heavy atom. The van der Waals surface area contributed by atoms with E-state index in [1.54, 1.807) is 13.0 Å². The second-order valence-corrected chi connectivity index (χ2v) is 4.21. The first-order valence-electron chi connectivity index (χ1n) is 5.88. The van der Waals surface area contributed by atoms with Gasteiger partial charge in [-0.05, 0) is 25.1 Å². The summed E-state index contributed by atoms with van der Waals surface area (Å²) in [6.07, 6.45) is 1.47. The van der Waals surface area contributed by atoms with E-state index in [9.17, 15) is 9.18 Å². The van der Waals surface area contributed by atoms with Crippen LogP contribution in [0.25, 0.3) is 0 Å². The number of nitrogens with zero attached hydrogens (tertiary/aromatic N) is 1. The number of hydrogen-bond acceptors (Lipinski definition) is 4. The Labute approximate surface area is 115 Å². The highest BCUT2D eigenvalue weighted by Crippen LogP contribution is 2.21. The number of rotatable bonds is 3. The van der Waals surface area contributed by atoms with E-state index in [4.69, 9.17) is 10.5 Å². The summed E-state index contributed by atoms with van der Waals surface area (Å²) in [7, 11) is 1.37. The summed E-state index contributed by atoms with van der Waals surface area (Å²) >= 11 is 0. The molecule has 2 rings (SSSR count). The highest BCUT2D eigenvalue weighted by molar-refractivity contribution is 6.05. The van der Waals surface area contributed by atoms with Crippen LogP contribution in [0.3, 0.4) is 0 Å². The second kappa shape index (κ2) is 5.56. The first kappa shape index (κ1) is 13.8. The van der Waals surface area contributed by atoms with Gasteiger partial charge in [-0.15, -0.1) is 0 Å². The Morgan fingerprint density at radius 1 is 1.40 bits per heavy atom. The van der Waals surface area contributed by atoms with Crippen molar-refractivity contribution in [1.82, 2.24) is 4.98 Å². The minimum absolute atomic E-state index is 0.116. The van der Waals surface area contributed by atoms with Crippen molar-refractivity contribution >= 4 is 17.3 Å². The topological polar surface area (TPSA) is 77.2 Å². The molecule has 0 spiro atoms. The molecule has 1 heterocycles. The van der Waals surface area contributed by atoms with Crippen LogP contribution in [-0.4, -0.2) is 18.0 Å². The minimum atomic E-state index is -0.548. The van der Waals surface area contributed by atoms with Gasteiger partial charge in [0.1, 0.15) is 0 Å². The number of nitrogen functional groups attached to an aromatic ring is 1. The number of halogens is 1. The third kappa shape index (κ3) is 2.85. The van der Waals surface area contributed by atoms with Crippen LogP contribution in [0.5, 0.6) is 5.75 Å². The maximum atomic E-state index is 13.5. The SMILES string of the molecule is COc1ccc(NC(=O)c2cc(N)cnc2C)cc1F. The number of ether oxygens (including phenoxy) is 1. The predicted octanol–water partition coefficient (Wildman–Crippen LogP) is 2.37. The fourth-order valence-electron chi connectivity index (χ4n) is 1.72. The van der Waals surface area contributed by atoms with E-state index in [0.29, 0.717) is 22.6 Å². The van der Waals surface area contributed by atoms with Gasteiger partial charge in [0.15, 0.2) is 11.6 Å². The lowest BCUT2D eigenvalue weighted by molar-refractivity contribution is 0.102. The summed E-state index contributed by atoms with van der Waals surface area (Å²) in [5.41, 5.74) is 7.22. The van der Waals surface area contributed by atoms with Crippen LogP contribution in [-0.2, 0) is 0 Å². The molecule has 104 valence electrons. The number of amides is 1. The second-order valence-electron chi connectivity index (χ2n) is 4.21. The molecular weight excluding hydrogens is 261 g/mol. The zero-order valence-electron chi connectivity index (χ0n) is 11.1. The molecule has 0 unspecified atom stereocenters. The number of nitrogens with two attached hydrogens (primary N) is 1. The molecule has 1 aromatic carbocycles. The lowest BCUT2D eigenvalue weighted by Crippen LogP contribution is -2.14. The molecule has 5 nitrogen and oxygen atoms in total. The van der Waals surface area contributed by atoms with Gasteiger partial charge in [0, 0.05) is 11.8 Å². The van der Waals surface area contributed by atoms with Crippen LogP contribution in [0.4, 0.5) is 15.8 Å². The number of hydrogen-bond donors (Lipinski definition) is 2. The van der Waals surface area contributed by atoms with Crippen LogP contribution < -0.4 is 15.8 Å². The molecule has 2 aromatic rings. The normalized spacial score (nSPS) is 10.2. The Bertz CT molecular complexity index is 659. The van der Waals surface area contributed by atoms with Crippen molar-refractivity contribution in [2.45, 2.75) is 6.92 Å². The van der Waals surface area contributed by atoms with Crippen molar-refractivity contribution < 1.29 is 13.9 Å². The van der Waals surface area contributed by atoms with Crippen molar-refractivity contribution in [3.63, 3.8) is 0 Å². The number of methoxy groups -OCH3 is 1. The Morgan fingerprint density at radius 3 is 2.80 bits per heavy atom. The zero-order chi connectivity index (χ0) is 14.7. The zero-order valence-corrected chi connectivity index (χ0v) is 11.1. The number of carbonyl (C=O) groups excluding carboxylic acids is 1. The summed E-state index contributed by atoms with van der Waals surface area (Å²) < 4.78 is 18.3. The highest BCUT2D eigenvalue weighted by atomic mass is 19.1. The minimum Gasteiger partial charge on any atom is -0.494 e. The maximum Gasteiger partial charge on any atom is 0.257 e. The average molecular weight is 275 g/mol. The monoisotopic (exact) mass is 275 g/mol. The molecule has 6 heteroatoms. The maximum absolute atomic E-state index is 13.5. The van der Waals surface area contributed by atoms with Crippen molar-refractivity contribution in [2.75, 3.05) is 18.2 Å². The summed E-state index contributed by atoms with van der Waals surface area (Å²) in [4.78, 5) is 16.1. The fourth-order valence-corrected chi connectivity index (χ4v) is 1.72. The third-order valence-electron chi connectivity index (χ3n) is 2.76. The molecule has 0 atom stereocenters. The van der Waals surface area contributed by atoms with Gasteiger partial charge in [-0.25, -0.2) is 4.39 Å². The summed E-state index contributed by atoms with van der Waals surface area (Å²) in [5, 5.41) is 2.59. The number of nitrogens with one attached hydrogen (secondary N) is 1. The van der Waals surface area contributed by atoms with Gasteiger partial charge < -0.3 is 15.8 Å². The van der Waals surface area contributed by atoms with Gasteiger partial charge >= 0.3 is 0 Å². The smallest absolute Gasteiger partial charge is 0.257 e. The Hall–Kier alpha value is -2.63. The highest BCUT2D eigenvalue weighted by Gasteiger charge is 2.12. The van der Waals surface area contributed by atoms with Crippen LogP contribution in [0.2, 0.25) is 0 Å². The first-order valence-corrected chi connectivity index (χ1v) is 5.88. The lowest BCUT2D eigenvalue weighted by atomic mass is 10.1. The van der Waals surface area contributed by atoms with Gasteiger partial charge in [-0.1, -0.05) is 0 Å². The van der Waals surface area contributed by atoms with Crippen LogP contribution in [0, 0.1) is 12.7 Å². The van der Waals surface area contributed by atoms with Crippen LogP contribution in [0.1, 0.15) is 16.1 Å². The van der Waals surface area contributed by atoms with Gasteiger partial charge in [0.05, 0.1) is 30.3 Å². The molecule has 3 N–H and O–H groups in total. The number of anilines is 2. The van der Waals surface area contributed by atoms with Crippen LogP contribution >= 0.6 is 0 Å². The number of benzene rings is 1. The van der Waals surface area contributed by atoms with E-state index >= 15 is 0 Å². The number of aromatic nitrogens is 1. The molecule has 20 heavy (non-hydrogen) atoms. The van der Waals surface area contributed by atoms with Gasteiger partial charge in [0.2, 0.25) is 0 Å². The fraction of sp³-hybridized carbons (Fsp3) is 0.143. The molecule has 0 aliphatic carbocycles. The lowest BCUT2D eigenvalue weighted by Gasteiger charge is -2.09. The van der Waals surface area contributed by atoms with Crippen molar-refractivity contribution in [2.24, 2.45) is 0 Å². The van der Waals surface area contributed by atoms with Crippen molar-refractivity contribution in [1.29, 1.82) is 0 Å². The van der Waals surface area contributed by atoms with E-state index in [1.165, 1.54) is 31.5 Å². The summed E-state index contributed by atoms with van der Waals surface area (Å²) in [6, 6.07) is 5.70. The molecule has 0 aliphatic heterocycles. The molecular formula is C14H14FN3O2. The molecule has 0 saturated carbocycles. The molecule has 0 saturated heterocycles. The van der Waals surface area contributed by atoms with Crippen molar-refractivity contribution in [3.8, 4) is 5.75 Å². The predicted molar refractivity (Wildman–Crippen MR) is 74.3 cm³/mol. The molecule has 0 aliphatic rings. The van der Waals surface area contributed by atoms with E-state index in [1.807, 2.05) is 0 Å². The Balaban J connectivity index is 2.23. The van der Waals surface area contributed by atoms with Gasteiger partial charge in [-0.3, -0.25) is 9.78 Å². The van der Waals surface area contributed by atoms with E-state index in [0.717, 1.165) is 0 Å². The van der Waals surface area contributed by atoms with Gasteiger partial charge in [0.25, 0.3) is 5.91 Å². The standard InChI is InChI=1S/C14H14FN3O2/c1-8-11(5-9(16)7-17-8)14(19)18-10-3-4-13(20-2)12(15)6-10/h3-7H,16H2,1-2H3,(H,18,19). The summed E-state index contributed by atoms with van der Waals surface area (Å²) in [5.74, 6) is -0.829. The quantitative estimate of drug-likeness (QED) is 0.901. The Kier molecular flexibility index (Phi) is 3.84. The largest absolute Gasteiger partial charge is 0.494 e. The molecule has 0 radical (unpaired) electrons. The average Bonchev–Trinajstić information content (AvgIpc) is 2.41. The summed E-state index contributed by atoms with van der Waals surface area (Å²) in [6.45, 7) is 1.70. The van der Waals surface area contributed by atoms with E-state index in [-0.39, 0.29) is 5.75 Å². The first-order chi connectivity index (χ1) is 9.51. The third-order valence-corrected chi connectivity index (χ3v) is 2.76. The van der Waals surface area contributed by atoms with E-state index < -0.39 is 11.7 Å². The van der Waals surface area contributed by atoms with E-state index in [2.05, 4.69) is 10.3 Å². The number of aryl methyl sites for hydroxylation is 1. The number of carbonyl (C=O) groups is 1. The molecule has 0 fully saturated rings. The van der Waals surface area contributed by atoms with Crippen molar-refractivity contribution in [3.05, 3.63) is 47.5 Å².